The van der Waals surface area contributed by atoms with Gasteiger partial charge < -0.3 is 195 Å². The number of rotatable bonds is 5. The van der Waals surface area contributed by atoms with Gasteiger partial charge in [-0.15, -0.1) is 0 Å². The summed E-state index contributed by atoms with van der Waals surface area (Å²) in [5, 5.41) is 316. The highest BCUT2D eigenvalue weighted by molar-refractivity contribution is 6.14. The minimum absolute atomic E-state index is 0.0432. The molecule has 7 heterocycles. The molecule has 9 aromatic rings. The molecule has 0 radical (unpaired) electrons. The zero-order valence-corrected chi connectivity index (χ0v) is 60.0. The molecular formula is C75H50O48. The maximum absolute atomic E-state index is 15.6. The molecule has 7 aliphatic rings. The lowest BCUT2D eigenvalue weighted by Crippen LogP contribution is -2.62. The third kappa shape index (κ3) is 12.2. The van der Waals surface area contributed by atoms with Crippen LogP contribution >= 0.6 is 0 Å². The second-order valence-corrected chi connectivity index (χ2v) is 27.2. The molecule has 0 spiro atoms. The monoisotopic (exact) mass is 1720 g/mol. The number of esters is 9. The maximum Gasteiger partial charge on any atom is 0.342 e. The highest BCUT2D eigenvalue weighted by Gasteiger charge is 2.58. The second-order valence-electron chi connectivity index (χ2n) is 27.2. The number of cyclic esters (lactones) is 3. The van der Waals surface area contributed by atoms with Gasteiger partial charge in [-0.25, -0.2) is 43.2 Å². The fourth-order valence-corrected chi connectivity index (χ4v) is 14.5. The summed E-state index contributed by atoms with van der Waals surface area (Å²) in [5.41, 5.74) is -24.3. The third-order valence-electron chi connectivity index (χ3n) is 20.3. The summed E-state index contributed by atoms with van der Waals surface area (Å²) in [7, 11) is 0. The molecule has 123 heavy (non-hydrogen) atoms. The number of carbonyl (C=O) groups excluding carboxylic acids is 9. The summed E-state index contributed by atoms with van der Waals surface area (Å²) in [6.45, 7) is -3.31. The summed E-state index contributed by atoms with van der Waals surface area (Å²) in [6, 6.07) is 1.75. The van der Waals surface area contributed by atoms with E-state index in [1.165, 1.54) is 0 Å². The van der Waals surface area contributed by atoms with Crippen LogP contribution in [0.4, 0.5) is 0 Å². The normalized spacial score (nSPS) is 20.9. The summed E-state index contributed by atoms with van der Waals surface area (Å²) in [5.74, 6) is -64.2. The molecule has 0 amide bonds. The topological polar surface area (TPSA) is 822 Å². The highest BCUT2D eigenvalue weighted by atomic mass is 16.7. The van der Waals surface area contributed by atoms with E-state index < -0.39 is 389 Å². The standard InChI is InChI=1S/C75H50O48/c76-19-1-11-29(47(91)39(19)83)31-13(3-21(78)41(85)49(31)93)68(105)118-60(63-62-56(100)38-37(74(111)120-62)36(54(98)57(101)55(38)99)35-16(70(107)121-63)6-24(81)44(88)52(35)96)27(9-113-66(11)103)116-73(110)18-7-25(82)45(89)58(102)59(18)115-26-8-17-34(53(97)46(26)90)33-15(5-23(80)43(87)51(33)95)71(108)123-65-64(122-72(17)109)61-28(117-75(65)112)10-114-67(104)12-2-20(77)40(84)48(92)30(12)32-14(69(106)119-61)4-22(79)42(86)50(32)94/h1-8,27-28,56,60-65,75-102,112H,9-10H2/t27-,28+,56+,60+,61+,62+,63-,64-,65+,75+/m0/s1. The summed E-state index contributed by atoms with van der Waals surface area (Å²) >= 11 is 0. The van der Waals surface area contributed by atoms with Gasteiger partial charge in [0.2, 0.25) is 57.5 Å². The van der Waals surface area contributed by atoms with Crippen molar-refractivity contribution in [2.24, 2.45) is 0 Å². The van der Waals surface area contributed by atoms with E-state index in [0.717, 1.165) is 0 Å². The van der Waals surface area contributed by atoms with Crippen molar-refractivity contribution < 1.29 is 238 Å². The van der Waals surface area contributed by atoms with Gasteiger partial charge in [0.25, 0.3) is 0 Å². The fourth-order valence-electron chi connectivity index (χ4n) is 14.5. The molecule has 48 nitrogen and oxygen atoms in total. The molecular weight excluding hydrogens is 1670 g/mol. The van der Waals surface area contributed by atoms with Crippen molar-refractivity contribution in [3.63, 3.8) is 0 Å². The van der Waals surface area contributed by atoms with E-state index in [1.807, 2.05) is 0 Å². The number of hydrogen-bond acceptors (Lipinski definition) is 48. The van der Waals surface area contributed by atoms with Crippen LogP contribution in [0.3, 0.4) is 0 Å². The Balaban J connectivity index is 0.893. The first-order valence-corrected chi connectivity index (χ1v) is 34.3. The highest BCUT2D eigenvalue weighted by Crippen LogP contribution is 2.62. The Morgan fingerprint density at radius 2 is 0.593 bits per heavy atom. The van der Waals surface area contributed by atoms with E-state index in [0.29, 0.717) is 12.1 Å². The molecule has 28 N–H and O–H groups in total. The number of hydrogen-bond donors (Lipinski definition) is 28. The summed E-state index contributed by atoms with van der Waals surface area (Å²) in [4.78, 5) is 135. The van der Waals surface area contributed by atoms with Gasteiger partial charge in [0.05, 0.1) is 44.5 Å². The van der Waals surface area contributed by atoms with Gasteiger partial charge in [-0.05, 0) is 36.4 Å². The molecule has 16 rings (SSSR count). The van der Waals surface area contributed by atoms with Gasteiger partial charge in [0.15, 0.2) is 153 Å². The van der Waals surface area contributed by atoms with Gasteiger partial charge in [-0.2, -0.15) is 0 Å². The van der Waals surface area contributed by atoms with Crippen molar-refractivity contribution in [1.29, 1.82) is 0 Å². The van der Waals surface area contributed by atoms with Gasteiger partial charge in [-0.3, -0.25) is 0 Å². The lowest BCUT2D eigenvalue weighted by atomic mass is 9.82. The van der Waals surface area contributed by atoms with E-state index in [1.54, 1.807) is 0 Å². The van der Waals surface area contributed by atoms with Crippen LogP contribution in [-0.4, -0.2) is 265 Å². The van der Waals surface area contributed by atoms with Crippen LogP contribution in [0.25, 0.3) is 44.5 Å². The van der Waals surface area contributed by atoms with Crippen LogP contribution in [0.1, 0.15) is 105 Å². The lowest BCUT2D eigenvalue weighted by Gasteiger charge is -2.43. The number of aliphatic hydroxyl groups is 2. The molecule has 0 aromatic heterocycles. The molecule has 9 aromatic carbocycles. The van der Waals surface area contributed by atoms with Crippen LogP contribution in [-0.2, 0) is 47.4 Å². The van der Waals surface area contributed by atoms with E-state index >= 15 is 19.2 Å². The van der Waals surface area contributed by atoms with Crippen LogP contribution in [0, 0.1) is 0 Å². The number of aliphatic hydroxyl groups excluding tert-OH is 2. The smallest absolute Gasteiger partial charge is 0.342 e. The molecule has 0 unspecified atom stereocenters. The van der Waals surface area contributed by atoms with Crippen LogP contribution in [0.2, 0.25) is 0 Å². The Kier molecular flexibility index (Phi) is 18.7. The summed E-state index contributed by atoms with van der Waals surface area (Å²) in [6.07, 6.45) is -28.7. The maximum atomic E-state index is 15.6. The Morgan fingerprint density at radius 3 is 1.01 bits per heavy atom. The molecule has 0 aliphatic carbocycles. The minimum atomic E-state index is -3.27. The number of ether oxygens (including phenoxy) is 11. The first-order valence-electron chi connectivity index (χ1n) is 34.3. The molecule has 1 fully saturated rings. The van der Waals surface area contributed by atoms with Gasteiger partial charge in [-0.1, -0.05) is 0 Å². The van der Waals surface area contributed by atoms with Crippen LogP contribution < -0.4 is 4.74 Å². The van der Waals surface area contributed by atoms with Crippen LogP contribution in [0.15, 0.2) is 48.5 Å². The zero-order chi connectivity index (χ0) is 89.4. The molecule has 1 saturated heterocycles. The lowest BCUT2D eigenvalue weighted by molar-refractivity contribution is -0.284. The van der Waals surface area contributed by atoms with Crippen molar-refractivity contribution >= 4 is 53.7 Å². The van der Waals surface area contributed by atoms with E-state index in [2.05, 4.69) is 0 Å². The number of phenols is 26. The molecule has 0 saturated carbocycles. The fraction of sp³-hybridized carbons (Fsp3) is 0.160. The number of fused-ring (bicyclic) bond motifs is 15. The van der Waals surface area contributed by atoms with E-state index in [9.17, 15) is 167 Å². The van der Waals surface area contributed by atoms with Gasteiger partial charge in [0, 0.05) is 62.2 Å². The first-order chi connectivity index (χ1) is 57.9. The van der Waals surface area contributed by atoms with Crippen LogP contribution in [0.5, 0.6) is 161 Å². The van der Waals surface area contributed by atoms with E-state index in [4.69, 9.17) is 52.1 Å². The number of aromatic hydroxyl groups is 26. The van der Waals surface area contributed by atoms with Crippen molar-refractivity contribution in [3.8, 4) is 205 Å². The summed E-state index contributed by atoms with van der Waals surface area (Å²) < 4.78 is 62.0. The quantitative estimate of drug-likeness (QED) is 0.0668. The Hall–Kier alpha value is -17.3. The predicted octanol–water partition coefficient (Wildman–Crippen LogP) is 2.40. The SMILES string of the molecule is O=C(O[C@H]1COC(=O)c2cc(O)c(O)c(O)c2-c2c(cc(O)c(O)c2O)C(=O)O[C@H]1[C@@H]1OC(=O)c2cc(O)c(O)c(O)c2-c2c(O)c(O)c(O)c3c2C(=O)O[C@@H]1[C@@H]3O)c1cc(O)c(O)c(O)c1Oc1cc2c(c(O)c1O)-c1c(cc(O)c(O)c1O)C(=O)O[C@@H]1[C@@H](OC2=O)[C@@H]2OC(=O)c3cc(O)c(O)c(O)c3-c3c(cc(O)c(O)c3O)C(=O)OC[C@H]2O[C@H]1O. The van der Waals surface area contributed by atoms with Crippen molar-refractivity contribution in [1.82, 2.24) is 0 Å². The third-order valence-corrected chi connectivity index (χ3v) is 20.3. The minimum Gasteiger partial charge on any atom is -0.504 e. The molecule has 4 bridgehead atoms. The van der Waals surface area contributed by atoms with Crippen molar-refractivity contribution in [3.05, 3.63) is 104 Å². The Bertz CT molecular complexity index is 6340. The molecule has 10 atom stereocenters. The Morgan fingerprint density at radius 1 is 0.285 bits per heavy atom. The van der Waals surface area contributed by atoms with E-state index in [-0.39, 0.29) is 36.4 Å². The molecule has 7 aliphatic heterocycles. The first kappa shape index (κ1) is 80.9. The number of carbonyl (C=O) groups is 9. The van der Waals surface area contributed by atoms with Crippen molar-refractivity contribution in [2.75, 3.05) is 13.2 Å². The predicted molar refractivity (Wildman–Crippen MR) is 378 cm³/mol. The molecule has 638 valence electrons. The average Bonchev–Trinajstić information content (AvgIpc) is 0.811. The Labute approximate surface area is 673 Å². The number of benzene rings is 9. The second kappa shape index (κ2) is 28.5. The zero-order valence-electron chi connectivity index (χ0n) is 60.0. The largest absolute Gasteiger partial charge is 0.504 e. The van der Waals surface area contributed by atoms with Gasteiger partial charge >= 0.3 is 53.7 Å². The number of phenolic OH excluding ortho intramolecular Hbond substituents is 26. The van der Waals surface area contributed by atoms with Gasteiger partial charge in [0.1, 0.15) is 31.0 Å². The molecule has 48 heteroatoms. The van der Waals surface area contributed by atoms with Crippen molar-refractivity contribution in [2.45, 2.75) is 61.2 Å². The average molecular weight is 1720 g/mol.